The van der Waals surface area contributed by atoms with Crippen LogP contribution in [0.4, 0.5) is 0 Å². The zero-order chi connectivity index (χ0) is 14.5. The first-order valence-corrected chi connectivity index (χ1v) is 7.58. The molecule has 2 heteroatoms. The maximum Gasteiger partial charge on any atom is 0.0969 e. The number of benzene rings is 3. The van der Waals surface area contributed by atoms with Gasteiger partial charge in [0.25, 0.3) is 0 Å². The summed E-state index contributed by atoms with van der Waals surface area (Å²) in [6, 6.07) is 19.3. The Kier molecular flexibility index (Phi) is 4.49. The molecule has 0 unspecified atom stereocenters. The fraction of sp³-hybridized carbons (Fsp3) is 0.263. The van der Waals surface area contributed by atoms with Gasteiger partial charge >= 0.3 is 0 Å². The van der Waals surface area contributed by atoms with Crippen LogP contribution in [0.2, 0.25) is 0 Å². The van der Waals surface area contributed by atoms with Crippen LogP contribution < -0.4 is 5.32 Å². The molecular weight excluding hydrogens is 258 g/mol. The predicted octanol–water partition coefficient (Wildman–Crippen LogP) is 4.47. The summed E-state index contributed by atoms with van der Waals surface area (Å²) in [5.74, 6) is 0. The summed E-state index contributed by atoms with van der Waals surface area (Å²) in [6.07, 6.45) is 1.13. The zero-order valence-electron chi connectivity index (χ0n) is 12.4. The maximum atomic E-state index is 5.83. The van der Waals surface area contributed by atoms with E-state index in [0.717, 1.165) is 13.0 Å². The van der Waals surface area contributed by atoms with Crippen LogP contribution in [0.25, 0.3) is 21.5 Å². The SMILES string of the molecule is CCCNCOCc1c2ccccc2cc2ccccc12. The molecule has 0 radical (unpaired) electrons. The molecule has 0 aromatic heterocycles. The Hall–Kier alpha value is -1.90. The Balaban J connectivity index is 1.96. The van der Waals surface area contributed by atoms with Gasteiger partial charge in [-0.3, -0.25) is 5.32 Å². The van der Waals surface area contributed by atoms with Crippen molar-refractivity contribution in [1.29, 1.82) is 0 Å². The lowest BCUT2D eigenvalue weighted by atomic mass is 9.97. The van der Waals surface area contributed by atoms with E-state index in [4.69, 9.17) is 4.74 Å². The molecule has 0 fully saturated rings. The van der Waals surface area contributed by atoms with Gasteiger partial charge in [-0.15, -0.1) is 0 Å². The third-order valence-corrected chi connectivity index (χ3v) is 3.76. The summed E-state index contributed by atoms with van der Waals surface area (Å²) in [4.78, 5) is 0. The van der Waals surface area contributed by atoms with E-state index < -0.39 is 0 Å². The monoisotopic (exact) mass is 279 g/mol. The van der Waals surface area contributed by atoms with Crippen LogP contribution in [0.1, 0.15) is 18.9 Å². The topological polar surface area (TPSA) is 21.3 Å². The van der Waals surface area contributed by atoms with Gasteiger partial charge in [-0.2, -0.15) is 0 Å². The van der Waals surface area contributed by atoms with Gasteiger partial charge in [-0.05, 0) is 46.1 Å². The number of hydrogen-bond acceptors (Lipinski definition) is 2. The number of ether oxygens (including phenoxy) is 1. The predicted molar refractivity (Wildman–Crippen MR) is 89.4 cm³/mol. The largest absolute Gasteiger partial charge is 0.362 e. The normalized spacial score (nSPS) is 11.3. The fourth-order valence-electron chi connectivity index (χ4n) is 2.74. The van der Waals surface area contributed by atoms with Crippen LogP contribution >= 0.6 is 0 Å². The highest BCUT2D eigenvalue weighted by molar-refractivity contribution is 6.02. The fourth-order valence-corrected chi connectivity index (χ4v) is 2.74. The minimum atomic E-state index is 0.603. The molecule has 0 atom stereocenters. The summed E-state index contributed by atoms with van der Waals surface area (Å²) in [7, 11) is 0. The molecule has 0 bridgehead atoms. The first-order valence-electron chi connectivity index (χ1n) is 7.58. The molecule has 3 aromatic carbocycles. The van der Waals surface area contributed by atoms with Crippen LogP contribution in [0.3, 0.4) is 0 Å². The zero-order valence-corrected chi connectivity index (χ0v) is 12.4. The van der Waals surface area contributed by atoms with Gasteiger partial charge in [0, 0.05) is 0 Å². The lowest BCUT2D eigenvalue weighted by Gasteiger charge is -2.12. The van der Waals surface area contributed by atoms with E-state index in [1.807, 2.05) is 0 Å². The van der Waals surface area contributed by atoms with Crippen LogP contribution in [0, 0.1) is 0 Å². The van der Waals surface area contributed by atoms with Crippen molar-refractivity contribution in [3.8, 4) is 0 Å². The molecule has 21 heavy (non-hydrogen) atoms. The highest BCUT2D eigenvalue weighted by Gasteiger charge is 2.07. The average Bonchev–Trinajstić information content (AvgIpc) is 2.53. The molecule has 0 spiro atoms. The van der Waals surface area contributed by atoms with Gasteiger partial charge in [0.2, 0.25) is 0 Å². The summed E-state index contributed by atoms with van der Waals surface area (Å²) >= 11 is 0. The molecule has 1 N–H and O–H groups in total. The van der Waals surface area contributed by atoms with E-state index in [2.05, 4.69) is 66.8 Å². The number of hydrogen-bond donors (Lipinski definition) is 1. The van der Waals surface area contributed by atoms with Crippen molar-refractivity contribution < 1.29 is 4.74 Å². The van der Waals surface area contributed by atoms with E-state index in [1.54, 1.807) is 0 Å². The molecule has 0 saturated heterocycles. The smallest absolute Gasteiger partial charge is 0.0969 e. The summed E-state index contributed by atoms with van der Waals surface area (Å²) in [6.45, 7) is 4.39. The minimum absolute atomic E-state index is 0.603. The molecule has 0 aliphatic rings. The standard InChI is InChI=1S/C19H21NO/c1-2-11-20-14-21-13-19-17-9-5-3-7-15(17)12-16-8-4-6-10-18(16)19/h3-10,12,20H,2,11,13-14H2,1H3. The van der Waals surface area contributed by atoms with E-state index in [1.165, 1.54) is 27.1 Å². The second-order valence-electron chi connectivity index (χ2n) is 5.29. The summed E-state index contributed by atoms with van der Waals surface area (Å²) in [5.41, 5.74) is 1.28. The van der Waals surface area contributed by atoms with Crippen LogP contribution in [0.15, 0.2) is 54.6 Å². The van der Waals surface area contributed by atoms with Gasteiger partial charge in [-0.25, -0.2) is 0 Å². The first-order chi connectivity index (χ1) is 10.4. The van der Waals surface area contributed by atoms with E-state index in [9.17, 15) is 0 Å². The third kappa shape index (κ3) is 3.07. The molecule has 0 aliphatic carbocycles. The molecule has 0 saturated carbocycles. The molecule has 0 amide bonds. The van der Waals surface area contributed by atoms with Crippen molar-refractivity contribution in [3.63, 3.8) is 0 Å². The third-order valence-electron chi connectivity index (χ3n) is 3.76. The molecule has 2 nitrogen and oxygen atoms in total. The van der Waals surface area contributed by atoms with E-state index in [-0.39, 0.29) is 0 Å². The lowest BCUT2D eigenvalue weighted by molar-refractivity contribution is 0.105. The molecule has 3 rings (SSSR count). The van der Waals surface area contributed by atoms with Crippen molar-refractivity contribution in [2.24, 2.45) is 0 Å². The van der Waals surface area contributed by atoms with Gasteiger partial charge < -0.3 is 4.74 Å². The van der Waals surface area contributed by atoms with E-state index in [0.29, 0.717) is 13.3 Å². The minimum Gasteiger partial charge on any atom is -0.362 e. The van der Waals surface area contributed by atoms with Gasteiger partial charge in [0.05, 0.1) is 13.3 Å². The molecule has 108 valence electrons. The van der Waals surface area contributed by atoms with E-state index >= 15 is 0 Å². The second-order valence-corrected chi connectivity index (χ2v) is 5.29. The maximum absolute atomic E-state index is 5.83. The molecule has 0 heterocycles. The van der Waals surface area contributed by atoms with Crippen molar-refractivity contribution in [2.75, 3.05) is 13.3 Å². The van der Waals surface area contributed by atoms with Gasteiger partial charge in [0.1, 0.15) is 0 Å². The Bertz CT molecular complexity index is 682. The van der Waals surface area contributed by atoms with Crippen molar-refractivity contribution in [3.05, 3.63) is 60.2 Å². The second kappa shape index (κ2) is 6.70. The van der Waals surface area contributed by atoms with Crippen molar-refractivity contribution in [1.82, 2.24) is 5.32 Å². The van der Waals surface area contributed by atoms with Crippen molar-refractivity contribution in [2.45, 2.75) is 20.0 Å². The quantitative estimate of drug-likeness (QED) is 0.408. The number of nitrogens with one attached hydrogen (secondary N) is 1. The summed E-state index contributed by atoms with van der Waals surface area (Å²) in [5, 5.41) is 8.40. The molecular formula is C19H21NO. The van der Waals surface area contributed by atoms with Crippen LogP contribution in [0.5, 0.6) is 0 Å². The van der Waals surface area contributed by atoms with Crippen LogP contribution in [-0.4, -0.2) is 13.3 Å². The van der Waals surface area contributed by atoms with Gasteiger partial charge in [-0.1, -0.05) is 55.5 Å². The Morgan fingerprint density at radius 1 is 0.905 bits per heavy atom. The molecule has 0 aliphatic heterocycles. The number of rotatable bonds is 6. The van der Waals surface area contributed by atoms with Gasteiger partial charge in [0.15, 0.2) is 0 Å². The van der Waals surface area contributed by atoms with Crippen LogP contribution in [-0.2, 0) is 11.3 Å². The molecule has 3 aromatic rings. The highest BCUT2D eigenvalue weighted by atomic mass is 16.5. The lowest BCUT2D eigenvalue weighted by Crippen LogP contribution is -2.18. The highest BCUT2D eigenvalue weighted by Crippen LogP contribution is 2.28. The Morgan fingerprint density at radius 3 is 2.14 bits per heavy atom. The van der Waals surface area contributed by atoms with Crippen molar-refractivity contribution >= 4 is 21.5 Å². The number of fused-ring (bicyclic) bond motifs is 2. The Labute approximate surface area is 125 Å². The summed E-state index contributed by atoms with van der Waals surface area (Å²) < 4.78 is 5.83. The first kappa shape index (κ1) is 14.1. The Morgan fingerprint density at radius 2 is 1.52 bits per heavy atom. The average molecular weight is 279 g/mol.